The Morgan fingerprint density at radius 2 is 2.19 bits per heavy atom. The van der Waals surface area contributed by atoms with E-state index in [1.807, 2.05) is 6.08 Å². The highest BCUT2D eigenvalue weighted by atomic mass is 16.1. The van der Waals surface area contributed by atoms with Crippen LogP contribution in [-0.2, 0) is 19.3 Å². The third kappa shape index (κ3) is 1.82. The molecule has 0 amide bonds. The van der Waals surface area contributed by atoms with Crippen molar-refractivity contribution < 1.29 is 4.79 Å². The Balaban J connectivity index is 2.53. The molecule has 1 heteroatoms. The second-order valence-corrected chi connectivity index (χ2v) is 4.40. The standard InChI is InChI=1S/C15H18O/c1-3-5-11-7-8-12-9-10-14(16)15(12)13(11)6-4-2/h4,7-8H,2-3,5-6,9-10H2,1H3. The first-order chi connectivity index (χ1) is 7.77. The molecule has 1 aliphatic rings. The summed E-state index contributed by atoms with van der Waals surface area (Å²) in [4.78, 5) is 11.9. The first-order valence-corrected chi connectivity index (χ1v) is 6.05. The van der Waals surface area contributed by atoms with Crippen molar-refractivity contribution >= 4 is 5.78 Å². The second-order valence-electron chi connectivity index (χ2n) is 4.40. The molecule has 0 aliphatic heterocycles. The summed E-state index contributed by atoms with van der Waals surface area (Å²) in [6, 6.07) is 4.33. The number of carbonyl (C=O) groups excluding carboxylic acids is 1. The summed E-state index contributed by atoms with van der Waals surface area (Å²) in [6.45, 7) is 5.97. The first kappa shape index (κ1) is 11.1. The van der Waals surface area contributed by atoms with Gasteiger partial charge in [-0.05, 0) is 36.0 Å². The molecule has 0 radical (unpaired) electrons. The number of rotatable bonds is 4. The summed E-state index contributed by atoms with van der Waals surface area (Å²) in [6.07, 6.45) is 6.52. The van der Waals surface area contributed by atoms with Crippen LogP contribution in [-0.4, -0.2) is 5.78 Å². The maximum Gasteiger partial charge on any atom is 0.163 e. The number of allylic oxidation sites excluding steroid dienone is 1. The van der Waals surface area contributed by atoms with Gasteiger partial charge in [0.15, 0.2) is 5.78 Å². The Morgan fingerprint density at radius 3 is 2.88 bits per heavy atom. The van der Waals surface area contributed by atoms with Gasteiger partial charge in [0.2, 0.25) is 0 Å². The van der Waals surface area contributed by atoms with Crippen LogP contribution in [0.2, 0.25) is 0 Å². The summed E-state index contributed by atoms with van der Waals surface area (Å²) in [7, 11) is 0. The molecule has 84 valence electrons. The topological polar surface area (TPSA) is 17.1 Å². The van der Waals surface area contributed by atoms with Gasteiger partial charge < -0.3 is 0 Å². The largest absolute Gasteiger partial charge is 0.294 e. The Kier molecular flexibility index (Phi) is 3.23. The van der Waals surface area contributed by atoms with Crippen molar-refractivity contribution in [2.75, 3.05) is 0 Å². The SMILES string of the molecule is C=CCc1c(CCC)ccc2c1C(=O)CC2. The molecule has 0 bridgehead atoms. The van der Waals surface area contributed by atoms with Crippen molar-refractivity contribution in [3.8, 4) is 0 Å². The number of fused-ring (bicyclic) bond motifs is 1. The van der Waals surface area contributed by atoms with Crippen molar-refractivity contribution in [2.24, 2.45) is 0 Å². The molecule has 0 N–H and O–H groups in total. The third-order valence-electron chi connectivity index (χ3n) is 3.26. The fourth-order valence-electron chi connectivity index (χ4n) is 2.55. The summed E-state index contributed by atoms with van der Waals surface area (Å²) in [5, 5.41) is 0. The number of benzene rings is 1. The van der Waals surface area contributed by atoms with E-state index in [0.717, 1.165) is 31.2 Å². The fraction of sp³-hybridized carbons (Fsp3) is 0.400. The molecule has 1 aromatic carbocycles. The van der Waals surface area contributed by atoms with Crippen molar-refractivity contribution in [3.05, 3.63) is 47.0 Å². The minimum atomic E-state index is 0.324. The average Bonchev–Trinajstić information content (AvgIpc) is 2.65. The zero-order valence-electron chi connectivity index (χ0n) is 9.88. The van der Waals surface area contributed by atoms with Gasteiger partial charge in [-0.2, -0.15) is 0 Å². The molecule has 16 heavy (non-hydrogen) atoms. The zero-order valence-corrected chi connectivity index (χ0v) is 9.88. The van der Waals surface area contributed by atoms with Crippen LogP contribution >= 0.6 is 0 Å². The van der Waals surface area contributed by atoms with Gasteiger partial charge in [-0.3, -0.25) is 4.79 Å². The predicted octanol–water partition coefficient (Wildman–Crippen LogP) is 3.50. The zero-order chi connectivity index (χ0) is 11.5. The molecular formula is C15H18O. The predicted molar refractivity (Wildman–Crippen MR) is 67.0 cm³/mol. The molecule has 0 unspecified atom stereocenters. The molecule has 0 aromatic heterocycles. The lowest BCUT2D eigenvalue weighted by Gasteiger charge is -2.11. The van der Waals surface area contributed by atoms with Gasteiger partial charge >= 0.3 is 0 Å². The molecule has 0 saturated heterocycles. The van der Waals surface area contributed by atoms with E-state index in [1.165, 1.54) is 16.7 Å². The van der Waals surface area contributed by atoms with Gasteiger partial charge in [-0.25, -0.2) is 0 Å². The Labute approximate surface area is 97.2 Å². The monoisotopic (exact) mass is 214 g/mol. The maximum absolute atomic E-state index is 11.9. The van der Waals surface area contributed by atoms with Gasteiger partial charge in [0.05, 0.1) is 0 Å². The molecule has 0 spiro atoms. The number of Topliss-reactive ketones (excluding diaryl/α,β-unsaturated/α-hetero) is 1. The summed E-state index contributed by atoms with van der Waals surface area (Å²) < 4.78 is 0. The van der Waals surface area contributed by atoms with E-state index in [1.54, 1.807) is 0 Å². The van der Waals surface area contributed by atoms with Gasteiger partial charge in [0, 0.05) is 12.0 Å². The highest BCUT2D eigenvalue weighted by molar-refractivity contribution is 6.02. The summed E-state index contributed by atoms with van der Waals surface area (Å²) >= 11 is 0. The van der Waals surface area contributed by atoms with E-state index in [-0.39, 0.29) is 0 Å². The number of carbonyl (C=O) groups is 1. The molecular weight excluding hydrogens is 196 g/mol. The van der Waals surface area contributed by atoms with E-state index in [4.69, 9.17) is 0 Å². The maximum atomic E-state index is 11.9. The van der Waals surface area contributed by atoms with Crippen molar-refractivity contribution in [2.45, 2.75) is 39.0 Å². The Bertz CT molecular complexity index is 429. The molecule has 1 aromatic rings. The number of aryl methyl sites for hydroxylation is 2. The normalized spacial score (nSPS) is 13.9. The van der Waals surface area contributed by atoms with Crippen LogP contribution in [0, 0.1) is 0 Å². The van der Waals surface area contributed by atoms with Crippen LogP contribution in [0.4, 0.5) is 0 Å². The number of ketones is 1. The van der Waals surface area contributed by atoms with Crippen LogP contribution in [0.1, 0.15) is 46.8 Å². The van der Waals surface area contributed by atoms with Gasteiger partial charge in [0.1, 0.15) is 0 Å². The van der Waals surface area contributed by atoms with Gasteiger partial charge in [-0.1, -0.05) is 31.6 Å². The molecule has 0 heterocycles. The van der Waals surface area contributed by atoms with Crippen LogP contribution in [0.5, 0.6) is 0 Å². The van der Waals surface area contributed by atoms with E-state index < -0.39 is 0 Å². The quantitative estimate of drug-likeness (QED) is 0.701. The van der Waals surface area contributed by atoms with Crippen LogP contribution in [0.25, 0.3) is 0 Å². The van der Waals surface area contributed by atoms with Crippen LogP contribution < -0.4 is 0 Å². The lowest BCUT2D eigenvalue weighted by Crippen LogP contribution is -2.03. The third-order valence-corrected chi connectivity index (χ3v) is 3.26. The second kappa shape index (κ2) is 4.65. The lowest BCUT2D eigenvalue weighted by molar-refractivity contribution is 0.0994. The number of hydrogen-bond acceptors (Lipinski definition) is 1. The summed E-state index contributed by atoms with van der Waals surface area (Å²) in [5.41, 5.74) is 4.81. The minimum Gasteiger partial charge on any atom is -0.294 e. The van der Waals surface area contributed by atoms with Crippen molar-refractivity contribution in [1.82, 2.24) is 0 Å². The van der Waals surface area contributed by atoms with Crippen LogP contribution in [0.3, 0.4) is 0 Å². The van der Waals surface area contributed by atoms with Crippen molar-refractivity contribution in [3.63, 3.8) is 0 Å². The minimum absolute atomic E-state index is 0.324. The van der Waals surface area contributed by atoms with Crippen LogP contribution in [0.15, 0.2) is 24.8 Å². The van der Waals surface area contributed by atoms with Gasteiger partial charge in [0.25, 0.3) is 0 Å². The Morgan fingerprint density at radius 1 is 1.38 bits per heavy atom. The fourth-order valence-corrected chi connectivity index (χ4v) is 2.55. The van der Waals surface area contributed by atoms with E-state index >= 15 is 0 Å². The molecule has 0 fully saturated rings. The smallest absolute Gasteiger partial charge is 0.163 e. The molecule has 1 nitrogen and oxygen atoms in total. The Hall–Kier alpha value is -1.37. The average molecular weight is 214 g/mol. The van der Waals surface area contributed by atoms with E-state index in [9.17, 15) is 4.79 Å². The lowest BCUT2D eigenvalue weighted by atomic mass is 9.92. The molecule has 1 aliphatic carbocycles. The highest BCUT2D eigenvalue weighted by Gasteiger charge is 2.23. The van der Waals surface area contributed by atoms with E-state index in [0.29, 0.717) is 12.2 Å². The molecule has 0 saturated carbocycles. The number of hydrogen-bond donors (Lipinski definition) is 0. The van der Waals surface area contributed by atoms with E-state index in [2.05, 4.69) is 25.6 Å². The first-order valence-electron chi connectivity index (χ1n) is 6.05. The highest BCUT2D eigenvalue weighted by Crippen LogP contribution is 2.29. The molecule has 0 atom stereocenters. The van der Waals surface area contributed by atoms with Gasteiger partial charge in [-0.15, -0.1) is 6.58 Å². The molecule has 2 rings (SSSR count). The summed E-state index contributed by atoms with van der Waals surface area (Å²) in [5.74, 6) is 0.324. The van der Waals surface area contributed by atoms with Crippen molar-refractivity contribution in [1.29, 1.82) is 0 Å².